The van der Waals surface area contributed by atoms with E-state index in [-0.39, 0.29) is 11.9 Å². The molecule has 5 aromatic rings. The summed E-state index contributed by atoms with van der Waals surface area (Å²) in [7, 11) is 0. The summed E-state index contributed by atoms with van der Waals surface area (Å²) in [5.74, 6) is 0.115. The van der Waals surface area contributed by atoms with Gasteiger partial charge < -0.3 is 16.0 Å². The van der Waals surface area contributed by atoms with Gasteiger partial charge in [0.15, 0.2) is 0 Å². The fourth-order valence-electron chi connectivity index (χ4n) is 4.60. The molecule has 1 aliphatic carbocycles. The predicted molar refractivity (Wildman–Crippen MR) is 145 cm³/mol. The number of benzene rings is 1. The highest BCUT2D eigenvalue weighted by atomic mass is 16.2. The number of carbonyl (C=O) groups excluding carboxylic acids is 1. The predicted octanol–water partition coefficient (Wildman–Crippen LogP) is 4.80. The van der Waals surface area contributed by atoms with E-state index in [1.54, 1.807) is 17.1 Å². The number of fused-ring (bicyclic) bond motifs is 2. The van der Waals surface area contributed by atoms with Crippen LogP contribution in [0.5, 0.6) is 0 Å². The van der Waals surface area contributed by atoms with Crippen LogP contribution in [-0.4, -0.2) is 35.6 Å². The maximum absolute atomic E-state index is 13.0. The number of hydrogen-bond donors (Lipinski definition) is 3. The Morgan fingerprint density at radius 3 is 2.95 bits per heavy atom. The lowest BCUT2D eigenvalue weighted by Gasteiger charge is -2.13. The molecule has 4 N–H and O–H groups in total. The number of aryl methyl sites for hydroxylation is 1. The van der Waals surface area contributed by atoms with Gasteiger partial charge in [-0.15, -0.1) is 0 Å². The molecule has 0 aliphatic heterocycles. The second-order valence-corrected chi connectivity index (χ2v) is 9.17. The molecule has 0 saturated heterocycles. The number of nitrogens with two attached hydrogens (primary N) is 1. The summed E-state index contributed by atoms with van der Waals surface area (Å²) < 4.78 is 1.67. The number of aromatic amines is 1. The summed E-state index contributed by atoms with van der Waals surface area (Å²) in [4.78, 5) is 29.5. The average molecular weight is 491 g/mol. The number of rotatable bonds is 6. The number of carbonyl (C=O) groups is 1. The second-order valence-electron chi connectivity index (χ2n) is 9.17. The van der Waals surface area contributed by atoms with Crippen LogP contribution in [0.1, 0.15) is 36.7 Å². The molecule has 9 heteroatoms. The molecule has 1 aromatic carbocycles. The minimum atomic E-state index is -0.492. The highest BCUT2D eigenvalue weighted by Gasteiger charge is 2.18. The number of hydrogen-bond acceptors (Lipinski definition) is 6. The Kier molecular flexibility index (Phi) is 5.52. The van der Waals surface area contributed by atoms with E-state index in [9.17, 15) is 4.79 Å². The first-order chi connectivity index (χ1) is 18.0. The molecule has 0 bridgehead atoms. The van der Waals surface area contributed by atoms with Crippen molar-refractivity contribution < 1.29 is 4.79 Å². The van der Waals surface area contributed by atoms with Crippen molar-refractivity contribution in [2.24, 2.45) is 0 Å². The van der Waals surface area contributed by atoms with E-state index in [0.717, 1.165) is 63.2 Å². The van der Waals surface area contributed by atoms with Crippen LogP contribution in [0.3, 0.4) is 0 Å². The summed E-state index contributed by atoms with van der Waals surface area (Å²) in [6, 6.07) is 9.49. The zero-order valence-corrected chi connectivity index (χ0v) is 20.6. The van der Waals surface area contributed by atoms with Gasteiger partial charge in [-0.05, 0) is 55.2 Å². The van der Waals surface area contributed by atoms with Gasteiger partial charge in [0.05, 0.1) is 11.9 Å². The molecule has 1 unspecified atom stereocenters. The van der Waals surface area contributed by atoms with E-state index in [4.69, 9.17) is 5.73 Å². The number of nitrogen functional groups attached to an aromatic ring is 1. The van der Waals surface area contributed by atoms with Gasteiger partial charge in [0.1, 0.15) is 11.7 Å². The first kappa shape index (κ1) is 22.7. The Morgan fingerprint density at radius 1 is 1.19 bits per heavy atom. The molecular weight excluding hydrogens is 464 g/mol. The molecule has 184 valence electrons. The number of allylic oxidation sites excluding steroid dienone is 1. The van der Waals surface area contributed by atoms with Crippen molar-refractivity contribution in [2.45, 2.75) is 32.7 Å². The third-order valence-corrected chi connectivity index (χ3v) is 6.73. The summed E-state index contributed by atoms with van der Waals surface area (Å²) >= 11 is 0. The van der Waals surface area contributed by atoms with Crippen LogP contribution in [0.4, 0.5) is 11.6 Å². The highest BCUT2D eigenvalue weighted by molar-refractivity contribution is 5.95. The Bertz CT molecular complexity index is 1680. The normalized spacial score (nSPS) is 13.1. The van der Waals surface area contributed by atoms with Crippen molar-refractivity contribution in [2.75, 3.05) is 11.1 Å². The zero-order chi connectivity index (χ0) is 25.5. The second kappa shape index (κ2) is 9.02. The van der Waals surface area contributed by atoms with Crippen LogP contribution in [0, 0.1) is 0 Å². The van der Waals surface area contributed by atoms with E-state index < -0.39 is 6.04 Å². The maximum atomic E-state index is 13.0. The monoisotopic (exact) mass is 490 g/mol. The molecule has 1 amide bonds. The third-order valence-electron chi connectivity index (χ3n) is 6.73. The smallest absolute Gasteiger partial charge is 0.248 e. The topological polar surface area (TPSA) is 127 Å². The van der Waals surface area contributed by atoms with Crippen molar-refractivity contribution in [3.63, 3.8) is 0 Å². The third kappa shape index (κ3) is 4.24. The lowest BCUT2D eigenvalue weighted by Crippen LogP contribution is -2.24. The molecule has 6 rings (SSSR count). The number of aromatic nitrogens is 6. The number of nitrogens with one attached hydrogen (secondary N) is 2. The molecule has 37 heavy (non-hydrogen) atoms. The van der Waals surface area contributed by atoms with E-state index in [0.29, 0.717) is 0 Å². The van der Waals surface area contributed by atoms with Gasteiger partial charge in [-0.2, -0.15) is 5.10 Å². The Morgan fingerprint density at radius 2 is 2.08 bits per heavy atom. The summed E-state index contributed by atoms with van der Waals surface area (Å²) in [6.07, 6.45) is 13.2. The maximum Gasteiger partial charge on any atom is 0.248 e. The quantitative estimate of drug-likeness (QED) is 0.314. The van der Waals surface area contributed by atoms with Gasteiger partial charge >= 0.3 is 0 Å². The van der Waals surface area contributed by atoms with Crippen molar-refractivity contribution in [1.82, 2.24) is 29.7 Å². The number of anilines is 2. The van der Waals surface area contributed by atoms with E-state index in [2.05, 4.69) is 48.6 Å². The number of nitrogens with zero attached hydrogens (tertiary/aromatic N) is 5. The Hall–Kier alpha value is -4.79. The molecule has 4 heterocycles. The molecule has 0 saturated carbocycles. The highest BCUT2D eigenvalue weighted by Crippen LogP contribution is 2.31. The number of pyridine rings is 1. The van der Waals surface area contributed by atoms with Gasteiger partial charge in [-0.3, -0.25) is 9.48 Å². The molecule has 0 spiro atoms. The molecular formula is C28H26N8O. The van der Waals surface area contributed by atoms with Crippen LogP contribution in [-0.2, 0) is 17.6 Å². The fourth-order valence-corrected chi connectivity index (χ4v) is 4.60. The fraction of sp³-hybridized carbons (Fsp3) is 0.179. The molecule has 1 atom stereocenters. The van der Waals surface area contributed by atoms with Gasteiger partial charge in [0, 0.05) is 52.0 Å². The van der Waals surface area contributed by atoms with Crippen molar-refractivity contribution in [3.05, 3.63) is 78.0 Å². The van der Waals surface area contributed by atoms with Crippen LogP contribution in [0.25, 0.3) is 39.5 Å². The van der Waals surface area contributed by atoms with Gasteiger partial charge in [-0.1, -0.05) is 25.1 Å². The minimum Gasteiger partial charge on any atom is -0.368 e. The lowest BCUT2D eigenvalue weighted by molar-refractivity contribution is -0.119. The molecule has 0 fully saturated rings. The zero-order valence-electron chi connectivity index (χ0n) is 20.6. The molecule has 9 nitrogen and oxygen atoms in total. The Labute approximate surface area is 213 Å². The largest absolute Gasteiger partial charge is 0.368 e. The standard InChI is InChI=1S/C28H26N8O/c1-3-21-11-25(35-28(29)34-21)24-14-31-26-23(24)10-19(12-30-26)20-13-32-36(15-20)16(2)27(37)33-22-8-7-17-5-4-6-18(17)9-22/h4,6-16H,3,5H2,1-2H3,(H,30,31)(H,33,37)(H2,29,34,35). The van der Waals surface area contributed by atoms with Crippen LogP contribution >= 0.6 is 0 Å². The molecule has 0 radical (unpaired) electrons. The Balaban J connectivity index is 1.25. The first-order valence-corrected chi connectivity index (χ1v) is 12.2. The van der Waals surface area contributed by atoms with Crippen molar-refractivity contribution >= 4 is 34.7 Å². The average Bonchev–Trinajstić information content (AvgIpc) is 3.66. The van der Waals surface area contributed by atoms with E-state index >= 15 is 0 Å². The summed E-state index contributed by atoms with van der Waals surface area (Å²) in [5, 5.41) is 8.39. The summed E-state index contributed by atoms with van der Waals surface area (Å²) in [6.45, 7) is 3.86. The van der Waals surface area contributed by atoms with Crippen molar-refractivity contribution in [3.8, 4) is 22.4 Å². The molecule has 4 aromatic heterocycles. The van der Waals surface area contributed by atoms with E-state index in [1.807, 2.05) is 50.5 Å². The van der Waals surface area contributed by atoms with E-state index in [1.165, 1.54) is 5.56 Å². The SMILES string of the molecule is CCc1cc(-c2c[nH]c3ncc(-c4cnn(C(C)C(=O)Nc5ccc6c(c5)C=CC6)c4)cc23)nc(N)n1. The van der Waals surface area contributed by atoms with Gasteiger partial charge in [0.2, 0.25) is 11.9 Å². The number of amides is 1. The van der Waals surface area contributed by atoms with Crippen LogP contribution in [0.15, 0.2) is 61.2 Å². The van der Waals surface area contributed by atoms with Gasteiger partial charge in [0.25, 0.3) is 0 Å². The van der Waals surface area contributed by atoms with Crippen LogP contribution < -0.4 is 11.1 Å². The lowest BCUT2D eigenvalue weighted by atomic mass is 10.1. The first-order valence-electron chi connectivity index (χ1n) is 12.2. The van der Waals surface area contributed by atoms with Gasteiger partial charge in [-0.25, -0.2) is 15.0 Å². The minimum absolute atomic E-state index is 0.133. The number of H-pyrrole nitrogens is 1. The molecule has 1 aliphatic rings. The van der Waals surface area contributed by atoms with Crippen molar-refractivity contribution in [1.29, 1.82) is 0 Å². The summed E-state index contributed by atoms with van der Waals surface area (Å²) in [5.41, 5.74) is 14.2. The van der Waals surface area contributed by atoms with Crippen LogP contribution in [0.2, 0.25) is 0 Å².